The van der Waals surface area contributed by atoms with Gasteiger partial charge in [-0.15, -0.1) is 0 Å². The number of carbonyl (C=O) groups is 1. The molecule has 2 atom stereocenters. The molecule has 2 aliphatic carbocycles. The minimum atomic E-state index is -0.318. The van der Waals surface area contributed by atoms with Crippen molar-refractivity contribution in [1.82, 2.24) is 15.1 Å². The van der Waals surface area contributed by atoms with E-state index < -0.39 is 0 Å². The number of aromatic amines is 1. The highest BCUT2D eigenvalue weighted by atomic mass is 16.2. The average Bonchev–Trinajstić information content (AvgIpc) is 2.64. The van der Waals surface area contributed by atoms with E-state index in [0.717, 1.165) is 25.7 Å². The monoisotopic (exact) mass is 370 g/mol. The van der Waals surface area contributed by atoms with Gasteiger partial charge in [0.15, 0.2) is 0 Å². The lowest BCUT2D eigenvalue weighted by Crippen LogP contribution is -2.53. The molecule has 0 aliphatic heterocycles. The first-order valence-corrected chi connectivity index (χ1v) is 9.79. The minimum absolute atomic E-state index is 0.0757. The Balaban J connectivity index is 1.44. The van der Waals surface area contributed by atoms with Gasteiger partial charge in [-0.1, -0.05) is 18.6 Å². The number of fused-ring (bicyclic) bond motifs is 3. The zero-order valence-corrected chi connectivity index (χ0v) is 15.3. The molecule has 2 aliphatic rings. The molecule has 144 valence electrons. The molecule has 2 bridgehead atoms. The number of aromatic nitrogens is 2. The lowest BCUT2D eigenvalue weighted by atomic mass is 9.67. The number of aryl methyl sites for hydroxylation is 1. The van der Waals surface area contributed by atoms with Gasteiger partial charge in [0.1, 0.15) is 0 Å². The van der Waals surface area contributed by atoms with Crippen LogP contribution in [0.2, 0.25) is 0 Å². The van der Waals surface area contributed by atoms with E-state index in [2.05, 4.69) is 10.4 Å². The number of amides is 1. The second kappa shape index (κ2) is 7.31. The molecular formula is C20H26N4O3. The summed E-state index contributed by atoms with van der Waals surface area (Å²) in [6.07, 6.45) is 5.55. The van der Waals surface area contributed by atoms with E-state index >= 15 is 0 Å². The number of nitrogens with one attached hydrogen (secondary N) is 2. The third kappa shape index (κ3) is 3.56. The van der Waals surface area contributed by atoms with Gasteiger partial charge in [-0.05, 0) is 49.7 Å². The molecule has 1 amide bonds. The van der Waals surface area contributed by atoms with E-state index in [1.807, 2.05) is 0 Å². The largest absolute Gasteiger partial charge is 0.353 e. The van der Waals surface area contributed by atoms with Crippen molar-refractivity contribution in [3.8, 4) is 0 Å². The molecule has 7 nitrogen and oxygen atoms in total. The summed E-state index contributed by atoms with van der Waals surface area (Å²) in [5, 5.41) is 6.50. The summed E-state index contributed by atoms with van der Waals surface area (Å²) in [4.78, 5) is 37.2. The highest BCUT2D eigenvalue weighted by Gasteiger charge is 2.39. The average molecular weight is 370 g/mol. The van der Waals surface area contributed by atoms with Crippen molar-refractivity contribution in [2.75, 3.05) is 0 Å². The van der Waals surface area contributed by atoms with Crippen LogP contribution >= 0.6 is 0 Å². The number of hydrogen-bond donors (Lipinski definition) is 3. The number of nitrogens with two attached hydrogens (primary N) is 1. The SMILES string of the molecule is NC1CC2CCCC(C1)C2NC(=O)CCn1[nH]c(=O)c2ccccc2c1=O. The Morgan fingerprint density at radius 2 is 1.81 bits per heavy atom. The molecule has 2 unspecified atom stereocenters. The molecular weight excluding hydrogens is 344 g/mol. The molecule has 2 saturated carbocycles. The molecule has 2 aromatic rings. The number of H-pyrrole nitrogens is 1. The van der Waals surface area contributed by atoms with Gasteiger partial charge in [-0.25, -0.2) is 4.68 Å². The van der Waals surface area contributed by atoms with E-state index in [1.165, 1.54) is 11.1 Å². The third-order valence-electron chi connectivity index (χ3n) is 6.15. The Morgan fingerprint density at radius 3 is 2.52 bits per heavy atom. The van der Waals surface area contributed by atoms with Crippen LogP contribution < -0.4 is 22.2 Å². The minimum Gasteiger partial charge on any atom is -0.353 e. The van der Waals surface area contributed by atoms with Crippen molar-refractivity contribution in [2.24, 2.45) is 17.6 Å². The number of carbonyl (C=O) groups excluding carboxylic acids is 1. The van der Waals surface area contributed by atoms with Crippen LogP contribution in [0.5, 0.6) is 0 Å². The van der Waals surface area contributed by atoms with Crippen LogP contribution in [0.1, 0.15) is 38.5 Å². The van der Waals surface area contributed by atoms with Crippen molar-refractivity contribution in [1.29, 1.82) is 0 Å². The van der Waals surface area contributed by atoms with Crippen LogP contribution in [0.3, 0.4) is 0 Å². The first kappa shape index (κ1) is 18.0. The summed E-state index contributed by atoms with van der Waals surface area (Å²) in [7, 11) is 0. The fourth-order valence-corrected chi connectivity index (χ4v) is 4.90. The van der Waals surface area contributed by atoms with E-state index in [9.17, 15) is 14.4 Å². The Morgan fingerprint density at radius 1 is 1.15 bits per heavy atom. The van der Waals surface area contributed by atoms with Crippen LogP contribution in [-0.4, -0.2) is 27.8 Å². The maximum absolute atomic E-state index is 12.5. The summed E-state index contributed by atoms with van der Waals surface area (Å²) in [6.45, 7) is 0.159. The molecule has 0 spiro atoms. The lowest BCUT2D eigenvalue weighted by Gasteiger charge is -2.45. The maximum Gasteiger partial charge on any atom is 0.273 e. The summed E-state index contributed by atoms with van der Waals surface area (Å²) in [6, 6.07) is 7.15. The molecule has 0 radical (unpaired) electrons. The second-order valence-corrected chi connectivity index (χ2v) is 7.97. The van der Waals surface area contributed by atoms with Gasteiger partial charge in [-0.3, -0.25) is 19.5 Å². The zero-order chi connectivity index (χ0) is 19.0. The maximum atomic E-state index is 12.5. The second-order valence-electron chi connectivity index (χ2n) is 7.97. The Kier molecular flexibility index (Phi) is 4.86. The molecule has 7 heteroatoms. The highest BCUT2D eigenvalue weighted by molar-refractivity contribution is 5.80. The smallest absolute Gasteiger partial charge is 0.273 e. The fourth-order valence-electron chi connectivity index (χ4n) is 4.90. The molecule has 4 rings (SSSR count). The van der Waals surface area contributed by atoms with Gasteiger partial charge in [0, 0.05) is 18.5 Å². The van der Waals surface area contributed by atoms with Crippen molar-refractivity contribution in [3.05, 3.63) is 45.0 Å². The van der Waals surface area contributed by atoms with Crippen LogP contribution in [0.15, 0.2) is 33.9 Å². The number of rotatable bonds is 4. The van der Waals surface area contributed by atoms with Gasteiger partial charge >= 0.3 is 0 Å². The van der Waals surface area contributed by atoms with Crippen molar-refractivity contribution in [2.45, 2.75) is 57.2 Å². The van der Waals surface area contributed by atoms with Crippen LogP contribution in [0.4, 0.5) is 0 Å². The first-order chi connectivity index (χ1) is 13.0. The summed E-state index contributed by atoms with van der Waals surface area (Å²) < 4.78 is 1.24. The first-order valence-electron chi connectivity index (χ1n) is 9.79. The predicted molar refractivity (Wildman–Crippen MR) is 103 cm³/mol. The molecule has 1 aromatic carbocycles. The van der Waals surface area contributed by atoms with Crippen molar-refractivity contribution in [3.63, 3.8) is 0 Å². The zero-order valence-electron chi connectivity index (χ0n) is 15.3. The molecule has 2 fully saturated rings. The molecule has 0 saturated heterocycles. The normalized spacial score (nSPS) is 27.4. The van der Waals surface area contributed by atoms with Gasteiger partial charge in [0.2, 0.25) is 5.91 Å². The Bertz CT molecular complexity index is 950. The molecule has 1 heterocycles. The van der Waals surface area contributed by atoms with Crippen LogP contribution in [0.25, 0.3) is 10.8 Å². The van der Waals surface area contributed by atoms with Crippen molar-refractivity contribution < 1.29 is 4.79 Å². The molecule has 1 aromatic heterocycles. The number of hydrogen-bond acceptors (Lipinski definition) is 4. The number of benzene rings is 1. The lowest BCUT2D eigenvalue weighted by molar-refractivity contribution is -0.123. The standard InChI is InChI=1S/C20H26N4O3/c21-14-10-12-4-3-5-13(11-14)18(12)22-17(25)8-9-24-20(27)16-7-2-1-6-15(16)19(26)23-24/h1-2,6-7,12-14,18H,3-5,8-11,21H2,(H,22,25)(H,23,26). The summed E-state index contributed by atoms with van der Waals surface area (Å²) in [5.74, 6) is 0.840. The van der Waals surface area contributed by atoms with Crippen LogP contribution in [-0.2, 0) is 11.3 Å². The van der Waals surface area contributed by atoms with E-state index in [1.54, 1.807) is 24.3 Å². The van der Waals surface area contributed by atoms with Gasteiger partial charge in [0.25, 0.3) is 11.1 Å². The Hall–Kier alpha value is -2.41. The van der Waals surface area contributed by atoms with Crippen LogP contribution in [0, 0.1) is 11.8 Å². The molecule has 4 N–H and O–H groups in total. The predicted octanol–water partition coefficient (Wildman–Crippen LogP) is 1.10. The van der Waals surface area contributed by atoms with Crippen molar-refractivity contribution >= 4 is 16.7 Å². The highest BCUT2D eigenvalue weighted by Crippen LogP contribution is 2.39. The van der Waals surface area contributed by atoms with E-state index in [-0.39, 0.29) is 42.1 Å². The summed E-state index contributed by atoms with van der Waals surface area (Å²) >= 11 is 0. The van der Waals surface area contributed by atoms with Gasteiger partial charge in [-0.2, -0.15) is 0 Å². The fraction of sp³-hybridized carbons (Fsp3) is 0.550. The quantitative estimate of drug-likeness (QED) is 0.748. The number of nitrogens with zero attached hydrogens (tertiary/aromatic N) is 1. The Labute approximate surface area is 156 Å². The third-order valence-corrected chi connectivity index (χ3v) is 6.15. The topological polar surface area (TPSA) is 110 Å². The van der Waals surface area contributed by atoms with Gasteiger partial charge < -0.3 is 11.1 Å². The van der Waals surface area contributed by atoms with E-state index in [4.69, 9.17) is 5.73 Å². The molecule has 27 heavy (non-hydrogen) atoms. The summed E-state index contributed by atoms with van der Waals surface area (Å²) in [5.41, 5.74) is 5.55. The van der Waals surface area contributed by atoms with Gasteiger partial charge in [0.05, 0.1) is 17.3 Å². The van der Waals surface area contributed by atoms with E-state index in [0.29, 0.717) is 22.6 Å².